The largest absolute Gasteiger partial charge is 0.395 e. The van der Waals surface area contributed by atoms with E-state index in [4.69, 9.17) is 13.6 Å². The summed E-state index contributed by atoms with van der Waals surface area (Å²) >= 11 is 0. The molecule has 1 saturated heterocycles. The maximum Gasteiger partial charge on any atom is 0.334 e. The predicted octanol–water partition coefficient (Wildman–Crippen LogP) is 3.09. The van der Waals surface area contributed by atoms with Crippen LogP contribution in [0.3, 0.4) is 0 Å². The molecule has 17 heavy (non-hydrogen) atoms. The van der Waals surface area contributed by atoms with E-state index in [9.17, 15) is 0 Å². The lowest BCUT2D eigenvalue weighted by Crippen LogP contribution is -2.39. The minimum Gasteiger partial charge on any atom is -0.395 e. The van der Waals surface area contributed by atoms with E-state index in [2.05, 4.69) is 20.4 Å². The zero-order valence-corrected chi connectivity index (χ0v) is 12.4. The second kappa shape index (κ2) is 5.82. The lowest BCUT2D eigenvalue weighted by atomic mass is 9.88. The van der Waals surface area contributed by atoms with E-state index in [1.54, 1.807) is 0 Å². The zero-order valence-electron chi connectivity index (χ0n) is 11.4. The molecule has 0 aromatic heterocycles. The third-order valence-electron chi connectivity index (χ3n) is 4.02. The molecule has 2 aliphatic rings. The Morgan fingerprint density at radius 3 is 2.41 bits per heavy atom. The van der Waals surface area contributed by atoms with E-state index in [0.29, 0.717) is 12.2 Å². The Morgan fingerprint density at radius 1 is 1.12 bits per heavy atom. The van der Waals surface area contributed by atoms with Gasteiger partial charge in [0.05, 0.1) is 12.2 Å². The first-order chi connectivity index (χ1) is 8.17. The molecule has 100 valence electrons. The Morgan fingerprint density at radius 2 is 1.82 bits per heavy atom. The molecule has 1 aliphatic heterocycles. The van der Waals surface area contributed by atoms with Crippen molar-refractivity contribution < 1.29 is 13.6 Å². The van der Waals surface area contributed by atoms with Gasteiger partial charge in [-0.2, -0.15) is 0 Å². The zero-order chi connectivity index (χ0) is 12.3. The SMILES string of the molecule is CCO[Si](C)(CC[C@@H]1CC[C@@H]2O[C@H]2C1)OCC. The van der Waals surface area contributed by atoms with Crippen LogP contribution in [0.15, 0.2) is 0 Å². The van der Waals surface area contributed by atoms with Gasteiger partial charge in [-0.05, 0) is 58.0 Å². The van der Waals surface area contributed by atoms with E-state index >= 15 is 0 Å². The number of rotatable bonds is 7. The highest BCUT2D eigenvalue weighted by atomic mass is 28.4. The van der Waals surface area contributed by atoms with Crippen LogP contribution >= 0.6 is 0 Å². The van der Waals surface area contributed by atoms with Crippen molar-refractivity contribution in [3.05, 3.63) is 0 Å². The number of ether oxygens (including phenoxy) is 1. The highest BCUT2D eigenvalue weighted by molar-refractivity contribution is 6.66. The second-order valence-corrected chi connectivity index (χ2v) is 8.78. The van der Waals surface area contributed by atoms with Crippen molar-refractivity contribution >= 4 is 8.56 Å². The van der Waals surface area contributed by atoms with Gasteiger partial charge in [0.1, 0.15) is 0 Å². The summed E-state index contributed by atoms with van der Waals surface area (Å²) in [6.07, 6.45) is 6.36. The van der Waals surface area contributed by atoms with Crippen LogP contribution in [-0.4, -0.2) is 34.0 Å². The van der Waals surface area contributed by atoms with Crippen molar-refractivity contribution in [3.8, 4) is 0 Å². The molecule has 3 nitrogen and oxygen atoms in total. The average Bonchev–Trinajstić information content (AvgIpc) is 3.05. The number of hydrogen-bond acceptors (Lipinski definition) is 3. The standard InChI is InChI=1S/C13H26O3Si/c1-4-14-17(3,15-5-2)9-8-11-6-7-12-13(10-11)16-12/h11-13H,4-10H2,1-3H3/t11-,12-,13-/m0/s1. The van der Waals surface area contributed by atoms with Gasteiger partial charge >= 0.3 is 8.56 Å². The summed E-state index contributed by atoms with van der Waals surface area (Å²) in [6, 6.07) is 1.14. The molecule has 0 N–H and O–H groups in total. The van der Waals surface area contributed by atoms with E-state index in [0.717, 1.165) is 25.2 Å². The van der Waals surface area contributed by atoms with Gasteiger partial charge in [-0.1, -0.05) is 0 Å². The lowest BCUT2D eigenvalue weighted by molar-refractivity contribution is 0.185. The van der Waals surface area contributed by atoms with Gasteiger partial charge in [0.25, 0.3) is 0 Å². The predicted molar refractivity (Wildman–Crippen MR) is 70.3 cm³/mol. The molecule has 0 aromatic rings. The first-order valence-electron chi connectivity index (χ1n) is 7.10. The fourth-order valence-corrected chi connectivity index (χ4v) is 5.54. The Kier molecular flexibility index (Phi) is 4.63. The first-order valence-corrected chi connectivity index (χ1v) is 9.62. The highest BCUT2D eigenvalue weighted by Gasteiger charge is 2.44. The Labute approximate surface area is 106 Å². The molecule has 3 atom stereocenters. The van der Waals surface area contributed by atoms with E-state index in [1.807, 2.05) is 0 Å². The molecule has 0 spiro atoms. The minimum absolute atomic E-state index is 0.598. The molecule has 0 radical (unpaired) electrons. The Bertz CT molecular complexity index is 241. The van der Waals surface area contributed by atoms with Crippen LogP contribution in [0.25, 0.3) is 0 Å². The third-order valence-corrected chi connectivity index (χ3v) is 7.01. The van der Waals surface area contributed by atoms with Crippen molar-refractivity contribution in [3.63, 3.8) is 0 Å². The van der Waals surface area contributed by atoms with Crippen LogP contribution in [0.4, 0.5) is 0 Å². The fraction of sp³-hybridized carbons (Fsp3) is 1.00. The second-order valence-electron chi connectivity index (χ2n) is 5.43. The third kappa shape index (κ3) is 3.78. The Hall–Kier alpha value is 0.0969. The lowest BCUT2D eigenvalue weighted by Gasteiger charge is -2.28. The summed E-state index contributed by atoms with van der Waals surface area (Å²) in [5.74, 6) is 0.839. The molecular formula is C13H26O3Si. The van der Waals surface area contributed by atoms with E-state index in [-0.39, 0.29) is 0 Å². The van der Waals surface area contributed by atoms with Crippen molar-refractivity contribution in [1.29, 1.82) is 0 Å². The van der Waals surface area contributed by atoms with Gasteiger partial charge in [0.15, 0.2) is 0 Å². The topological polar surface area (TPSA) is 31.0 Å². The molecule has 0 unspecified atom stereocenters. The van der Waals surface area contributed by atoms with Crippen LogP contribution in [0.2, 0.25) is 12.6 Å². The van der Waals surface area contributed by atoms with Crippen LogP contribution in [0.1, 0.15) is 39.5 Å². The molecular weight excluding hydrogens is 232 g/mol. The van der Waals surface area contributed by atoms with Crippen LogP contribution in [0.5, 0.6) is 0 Å². The average molecular weight is 258 g/mol. The molecule has 0 aromatic carbocycles. The van der Waals surface area contributed by atoms with Crippen molar-refractivity contribution in [2.45, 2.75) is 64.3 Å². The van der Waals surface area contributed by atoms with Crippen LogP contribution in [-0.2, 0) is 13.6 Å². The normalized spacial score (nSPS) is 32.3. The maximum absolute atomic E-state index is 5.88. The summed E-state index contributed by atoms with van der Waals surface area (Å²) in [7, 11) is -1.88. The van der Waals surface area contributed by atoms with Crippen molar-refractivity contribution in [1.82, 2.24) is 0 Å². The van der Waals surface area contributed by atoms with Gasteiger partial charge in [-0.15, -0.1) is 0 Å². The first kappa shape index (κ1) is 13.5. The Balaban J connectivity index is 1.73. The summed E-state index contributed by atoms with van der Waals surface area (Å²) < 4.78 is 17.4. The van der Waals surface area contributed by atoms with Crippen LogP contribution in [0, 0.1) is 5.92 Å². The quantitative estimate of drug-likeness (QED) is 0.519. The number of hydrogen-bond donors (Lipinski definition) is 0. The summed E-state index contributed by atoms with van der Waals surface area (Å²) in [5, 5.41) is 0. The molecule has 0 amide bonds. The van der Waals surface area contributed by atoms with Gasteiger partial charge in [-0.25, -0.2) is 0 Å². The molecule has 1 aliphatic carbocycles. The minimum atomic E-state index is -1.88. The van der Waals surface area contributed by atoms with Gasteiger partial charge < -0.3 is 13.6 Å². The van der Waals surface area contributed by atoms with Crippen molar-refractivity contribution in [2.75, 3.05) is 13.2 Å². The smallest absolute Gasteiger partial charge is 0.334 e. The number of fused-ring (bicyclic) bond motifs is 1. The number of epoxide rings is 1. The highest BCUT2D eigenvalue weighted by Crippen LogP contribution is 2.41. The molecule has 4 heteroatoms. The van der Waals surface area contributed by atoms with E-state index < -0.39 is 8.56 Å². The van der Waals surface area contributed by atoms with Gasteiger partial charge in [0.2, 0.25) is 0 Å². The molecule has 1 heterocycles. The summed E-state index contributed by atoms with van der Waals surface area (Å²) in [6.45, 7) is 7.89. The molecule has 2 fully saturated rings. The van der Waals surface area contributed by atoms with Gasteiger partial charge in [-0.3, -0.25) is 0 Å². The van der Waals surface area contributed by atoms with Gasteiger partial charge in [0, 0.05) is 13.2 Å². The maximum atomic E-state index is 5.88. The van der Waals surface area contributed by atoms with Crippen LogP contribution < -0.4 is 0 Å². The molecule has 0 bridgehead atoms. The van der Waals surface area contributed by atoms with E-state index in [1.165, 1.54) is 25.7 Å². The molecule has 2 rings (SSSR count). The summed E-state index contributed by atoms with van der Waals surface area (Å²) in [4.78, 5) is 0. The molecule has 1 saturated carbocycles. The fourth-order valence-electron chi connectivity index (χ4n) is 3.01. The summed E-state index contributed by atoms with van der Waals surface area (Å²) in [5.41, 5.74) is 0. The monoisotopic (exact) mass is 258 g/mol. The van der Waals surface area contributed by atoms with Crippen molar-refractivity contribution in [2.24, 2.45) is 5.92 Å².